The number of halogens is 2. The highest BCUT2D eigenvalue weighted by Gasteiger charge is 2.12. The van der Waals surface area contributed by atoms with Gasteiger partial charge in [0, 0.05) is 9.13 Å². The fourth-order valence-electron chi connectivity index (χ4n) is 1.03. The van der Waals surface area contributed by atoms with Gasteiger partial charge in [0.15, 0.2) is 5.78 Å². The Balaban J connectivity index is 3.00. The van der Waals surface area contributed by atoms with E-state index in [2.05, 4.69) is 22.6 Å². The van der Waals surface area contributed by atoms with Gasteiger partial charge in [-0.05, 0) is 47.7 Å². The fraction of sp³-hybridized carbons (Fsp3) is 0.200. The summed E-state index contributed by atoms with van der Waals surface area (Å²) in [7, 11) is 0. The zero-order chi connectivity index (χ0) is 10.7. The molecule has 0 heterocycles. The molecule has 0 aliphatic rings. The standard InChI is InChI=1S/C10H8ClIO2/c1-6(13)4-10(14)8-5-7(12)2-3-9(8)11/h2-3,5H,4H2,1H3. The Labute approximate surface area is 101 Å². The summed E-state index contributed by atoms with van der Waals surface area (Å²) < 4.78 is 0.930. The number of hydrogen-bond acceptors (Lipinski definition) is 2. The van der Waals surface area contributed by atoms with E-state index in [1.807, 2.05) is 6.07 Å². The lowest BCUT2D eigenvalue weighted by Gasteiger charge is -2.02. The third-order valence-electron chi connectivity index (χ3n) is 1.64. The number of carbonyl (C=O) groups is 2. The number of rotatable bonds is 3. The average molecular weight is 323 g/mol. The van der Waals surface area contributed by atoms with Gasteiger partial charge in [-0.1, -0.05) is 11.6 Å². The smallest absolute Gasteiger partial charge is 0.171 e. The van der Waals surface area contributed by atoms with E-state index in [1.54, 1.807) is 12.1 Å². The Bertz CT molecular complexity index is 388. The zero-order valence-corrected chi connectivity index (χ0v) is 10.4. The van der Waals surface area contributed by atoms with Crippen molar-refractivity contribution < 1.29 is 9.59 Å². The molecule has 0 saturated carbocycles. The Morgan fingerprint density at radius 3 is 2.64 bits per heavy atom. The molecular weight excluding hydrogens is 314 g/mol. The minimum Gasteiger partial charge on any atom is -0.300 e. The van der Waals surface area contributed by atoms with Gasteiger partial charge in [-0.3, -0.25) is 9.59 Å². The molecule has 0 saturated heterocycles. The normalized spacial score (nSPS) is 9.93. The molecule has 0 N–H and O–H groups in total. The van der Waals surface area contributed by atoms with Gasteiger partial charge in [-0.15, -0.1) is 0 Å². The summed E-state index contributed by atoms with van der Waals surface area (Å²) in [6.07, 6.45) is -0.0835. The largest absolute Gasteiger partial charge is 0.300 e. The molecule has 74 valence electrons. The quantitative estimate of drug-likeness (QED) is 0.487. The van der Waals surface area contributed by atoms with Crippen LogP contribution in [0.2, 0.25) is 5.02 Å². The Morgan fingerprint density at radius 1 is 1.43 bits per heavy atom. The first-order valence-electron chi connectivity index (χ1n) is 3.98. The first kappa shape index (κ1) is 11.7. The summed E-state index contributed by atoms with van der Waals surface area (Å²) in [5.41, 5.74) is 0.425. The Kier molecular flexibility index (Phi) is 4.07. The predicted molar refractivity (Wildman–Crippen MR) is 63.8 cm³/mol. The molecule has 0 spiro atoms. The van der Waals surface area contributed by atoms with E-state index in [4.69, 9.17) is 11.6 Å². The highest BCUT2D eigenvalue weighted by Crippen LogP contribution is 2.20. The summed E-state index contributed by atoms with van der Waals surface area (Å²) in [4.78, 5) is 22.3. The molecule has 0 aliphatic carbocycles. The number of carbonyl (C=O) groups excluding carboxylic acids is 2. The van der Waals surface area contributed by atoms with Gasteiger partial charge in [-0.25, -0.2) is 0 Å². The Morgan fingerprint density at radius 2 is 2.07 bits per heavy atom. The summed E-state index contributed by atoms with van der Waals surface area (Å²) in [6.45, 7) is 1.39. The van der Waals surface area contributed by atoms with Gasteiger partial charge in [0.25, 0.3) is 0 Å². The minimum absolute atomic E-state index is 0.0835. The third kappa shape index (κ3) is 3.06. The van der Waals surface area contributed by atoms with Crippen LogP contribution in [0.5, 0.6) is 0 Å². The average Bonchev–Trinajstić information content (AvgIpc) is 2.08. The van der Waals surface area contributed by atoms with E-state index >= 15 is 0 Å². The number of benzene rings is 1. The van der Waals surface area contributed by atoms with Crippen molar-refractivity contribution in [3.05, 3.63) is 32.4 Å². The van der Waals surface area contributed by atoms with Crippen molar-refractivity contribution in [1.29, 1.82) is 0 Å². The second-order valence-corrected chi connectivity index (χ2v) is 4.58. The van der Waals surface area contributed by atoms with Gasteiger partial charge in [-0.2, -0.15) is 0 Å². The molecule has 0 radical (unpaired) electrons. The van der Waals surface area contributed by atoms with Crippen LogP contribution in [0.3, 0.4) is 0 Å². The van der Waals surface area contributed by atoms with Gasteiger partial charge >= 0.3 is 0 Å². The van der Waals surface area contributed by atoms with Crippen LogP contribution in [0.15, 0.2) is 18.2 Å². The molecule has 0 unspecified atom stereocenters. The van der Waals surface area contributed by atoms with Gasteiger partial charge < -0.3 is 0 Å². The number of Topliss-reactive ketones (excluding diaryl/α,β-unsaturated/α-hetero) is 2. The molecular formula is C10H8ClIO2. The lowest BCUT2D eigenvalue weighted by molar-refractivity contribution is -0.116. The molecule has 0 aliphatic heterocycles. The van der Waals surface area contributed by atoms with Crippen molar-refractivity contribution in [3.63, 3.8) is 0 Å². The van der Waals surface area contributed by atoms with Crippen LogP contribution in [0.1, 0.15) is 23.7 Å². The van der Waals surface area contributed by atoms with Crippen LogP contribution in [0.4, 0.5) is 0 Å². The summed E-state index contributed by atoms with van der Waals surface area (Å²) in [5.74, 6) is -0.369. The van der Waals surface area contributed by atoms with Crippen LogP contribution in [0, 0.1) is 3.57 Å². The highest BCUT2D eigenvalue weighted by atomic mass is 127. The van der Waals surface area contributed by atoms with Crippen molar-refractivity contribution in [2.45, 2.75) is 13.3 Å². The molecule has 4 heteroatoms. The van der Waals surface area contributed by atoms with E-state index < -0.39 is 0 Å². The van der Waals surface area contributed by atoms with Gasteiger partial charge in [0.2, 0.25) is 0 Å². The van der Waals surface area contributed by atoms with Crippen LogP contribution in [-0.4, -0.2) is 11.6 Å². The first-order chi connectivity index (χ1) is 6.50. The first-order valence-corrected chi connectivity index (χ1v) is 5.44. The van der Waals surface area contributed by atoms with E-state index in [0.29, 0.717) is 10.6 Å². The van der Waals surface area contributed by atoms with Crippen LogP contribution in [0.25, 0.3) is 0 Å². The minimum atomic E-state index is -0.221. The van der Waals surface area contributed by atoms with Crippen molar-refractivity contribution in [1.82, 2.24) is 0 Å². The molecule has 1 aromatic rings. The topological polar surface area (TPSA) is 34.1 Å². The molecule has 0 amide bonds. The second-order valence-electron chi connectivity index (χ2n) is 2.93. The molecule has 0 aromatic heterocycles. The van der Waals surface area contributed by atoms with E-state index in [1.165, 1.54) is 6.92 Å². The van der Waals surface area contributed by atoms with Crippen LogP contribution in [-0.2, 0) is 4.79 Å². The molecule has 0 atom stereocenters. The van der Waals surface area contributed by atoms with Gasteiger partial charge in [0.1, 0.15) is 5.78 Å². The second kappa shape index (κ2) is 4.89. The molecule has 1 aromatic carbocycles. The molecule has 0 bridgehead atoms. The molecule has 2 nitrogen and oxygen atoms in total. The lowest BCUT2D eigenvalue weighted by Crippen LogP contribution is -2.05. The molecule has 1 rings (SSSR count). The SMILES string of the molecule is CC(=O)CC(=O)c1cc(I)ccc1Cl. The summed E-state index contributed by atoms with van der Waals surface area (Å²) >= 11 is 7.93. The van der Waals surface area contributed by atoms with Crippen molar-refractivity contribution in [2.24, 2.45) is 0 Å². The number of hydrogen-bond donors (Lipinski definition) is 0. The maximum Gasteiger partial charge on any atom is 0.171 e. The summed E-state index contributed by atoms with van der Waals surface area (Å²) in [5, 5.41) is 0.400. The van der Waals surface area contributed by atoms with Crippen molar-refractivity contribution in [2.75, 3.05) is 0 Å². The van der Waals surface area contributed by atoms with E-state index in [0.717, 1.165) is 3.57 Å². The van der Waals surface area contributed by atoms with E-state index in [-0.39, 0.29) is 18.0 Å². The monoisotopic (exact) mass is 322 g/mol. The fourth-order valence-corrected chi connectivity index (χ4v) is 1.75. The molecule has 0 fully saturated rings. The van der Waals surface area contributed by atoms with Gasteiger partial charge in [0.05, 0.1) is 11.4 Å². The molecule has 14 heavy (non-hydrogen) atoms. The van der Waals surface area contributed by atoms with Crippen molar-refractivity contribution in [3.8, 4) is 0 Å². The maximum atomic E-state index is 11.5. The zero-order valence-electron chi connectivity index (χ0n) is 7.51. The predicted octanol–water partition coefficient (Wildman–Crippen LogP) is 3.11. The highest BCUT2D eigenvalue weighted by molar-refractivity contribution is 14.1. The Hall–Kier alpha value is -0.420. The lowest BCUT2D eigenvalue weighted by atomic mass is 10.1. The third-order valence-corrected chi connectivity index (χ3v) is 2.64. The van der Waals surface area contributed by atoms with E-state index in [9.17, 15) is 9.59 Å². The summed E-state index contributed by atoms with van der Waals surface area (Å²) in [6, 6.07) is 5.16. The maximum absolute atomic E-state index is 11.5. The van der Waals surface area contributed by atoms with Crippen LogP contribution >= 0.6 is 34.2 Å². The van der Waals surface area contributed by atoms with Crippen LogP contribution < -0.4 is 0 Å². The number of ketones is 2. The van der Waals surface area contributed by atoms with Crippen molar-refractivity contribution >= 4 is 45.8 Å².